The predicted molar refractivity (Wildman–Crippen MR) is 81.8 cm³/mol. The number of carbonyl (C=O) groups is 1. The molecule has 1 aromatic heterocycles. The van der Waals surface area contributed by atoms with Crippen LogP contribution in [0, 0.1) is 13.8 Å². The van der Waals surface area contributed by atoms with Gasteiger partial charge < -0.3 is 16.4 Å². The summed E-state index contributed by atoms with van der Waals surface area (Å²) in [5.74, 6) is 0.929. The molecule has 2 heterocycles. The Morgan fingerprint density at radius 3 is 2.90 bits per heavy atom. The number of anilines is 3. The highest BCUT2D eigenvalue weighted by Crippen LogP contribution is 2.36. The molecule has 108 valence electrons. The SMILES string of the molecule is Cc1cc(Nc2ncnc(N)c2C)c(Cl)c2c1C(=O)NC2. The van der Waals surface area contributed by atoms with E-state index >= 15 is 0 Å². The summed E-state index contributed by atoms with van der Waals surface area (Å²) >= 11 is 6.40. The molecule has 0 unspecified atom stereocenters. The number of amides is 1. The maximum atomic E-state index is 11.8. The Balaban J connectivity index is 2.07. The lowest BCUT2D eigenvalue weighted by molar-refractivity contribution is 0.0965. The number of hydrogen-bond donors (Lipinski definition) is 3. The number of nitrogen functional groups attached to an aromatic ring is 1. The molecule has 0 saturated heterocycles. The molecule has 0 spiro atoms. The fraction of sp³-hybridized carbons (Fsp3) is 0.214. The summed E-state index contributed by atoms with van der Waals surface area (Å²) < 4.78 is 0. The van der Waals surface area contributed by atoms with E-state index in [0.29, 0.717) is 34.5 Å². The molecule has 0 bridgehead atoms. The van der Waals surface area contributed by atoms with Crippen LogP contribution in [0.5, 0.6) is 0 Å². The lowest BCUT2D eigenvalue weighted by Gasteiger charge is -2.14. The van der Waals surface area contributed by atoms with Gasteiger partial charge in [0.2, 0.25) is 0 Å². The third-order valence-electron chi connectivity index (χ3n) is 3.59. The van der Waals surface area contributed by atoms with Crippen molar-refractivity contribution in [3.63, 3.8) is 0 Å². The molecule has 7 heteroatoms. The van der Waals surface area contributed by atoms with Gasteiger partial charge in [-0.15, -0.1) is 0 Å². The lowest BCUT2D eigenvalue weighted by atomic mass is 10.0. The van der Waals surface area contributed by atoms with Crippen molar-refractivity contribution in [2.24, 2.45) is 0 Å². The number of rotatable bonds is 2. The molecule has 1 aliphatic heterocycles. The van der Waals surface area contributed by atoms with Gasteiger partial charge in [-0.3, -0.25) is 4.79 Å². The molecule has 4 N–H and O–H groups in total. The van der Waals surface area contributed by atoms with Gasteiger partial charge in [-0.2, -0.15) is 0 Å². The summed E-state index contributed by atoms with van der Waals surface area (Å²) in [6.07, 6.45) is 1.39. The summed E-state index contributed by atoms with van der Waals surface area (Å²) in [5.41, 5.74) is 9.56. The number of nitrogens with one attached hydrogen (secondary N) is 2. The Kier molecular flexibility index (Phi) is 3.17. The summed E-state index contributed by atoms with van der Waals surface area (Å²) in [6.45, 7) is 4.15. The van der Waals surface area contributed by atoms with Crippen LogP contribution in [0.25, 0.3) is 0 Å². The number of aryl methyl sites for hydroxylation is 1. The van der Waals surface area contributed by atoms with Crippen LogP contribution in [0.15, 0.2) is 12.4 Å². The zero-order valence-corrected chi connectivity index (χ0v) is 12.4. The molecule has 0 aliphatic carbocycles. The number of halogens is 1. The Hall–Kier alpha value is -2.34. The van der Waals surface area contributed by atoms with Crippen molar-refractivity contribution in [3.05, 3.63) is 39.7 Å². The van der Waals surface area contributed by atoms with Gasteiger partial charge in [0.15, 0.2) is 0 Å². The number of hydrogen-bond acceptors (Lipinski definition) is 5. The summed E-state index contributed by atoms with van der Waals surface area (Å²) in [4.78, 5) is 19.9. The zero-order chi connectivity index (χ0) is 15.1. The van der Waals surface area contributed by atoms with Crippen LogP contribution in [0.2, 0.25) is 5.02 Å². The highest BCUT2D eigenvalue weighted by molar-refractivity contribution is 6.35. The number of nitrogens with two attached hydrogens (primary N) is 1. The molecule has 6 nitrogen and oxygen atoms in total. The second kappa shape index (κ2) is 4.89. The highest BCUT2D eigenvalue weighted by Gasteiger charge is 2.25. The van der Waals surface area contributed by atoms with Crippen molar-refractivity contribution in [1.29, 1.82) is 0 Å². The Morgan fingerprint density at radius 1 is 1.38 bits per heavy atom. The normalized spacial score (nSPS) is 13.0. The van der Waals surface area contributed by atoms with Gasteiger partial charge in [-0.05, 0) is 25.5 Å². The minimum absolute atomic E-state index is 0.0848. The number of aromatic nitrogens is 2. The van der Waals surface area contributed by atoms with Crippen molar-refractivity contribution < 1.29 is 4.79 Å². The third kappa shape index (κ3) is 2.17. The fourth-order valence-corrected chi connectivity index (χ4v) is 2.67. The highest BCUT2D eigenvalue weighted by atomic mass is 35.5. The topological polar surface area (TPSA) is 92.9 Å². The molecule has 1 aromatic carbocycles. The van der Waals surface area contributed by atoms with E-state index in [1.807, 2.05) is 19.9 Å². The minimum atomic E-state index is -0.0848. The average Bonchev–Trinajstić information content (AvgIpc) is 2.83. The molecule has 21 heavy (non-hydrogen) atoms. The number of nitrogens with zero attached hydrogens (tertiary/aromatic N) is 2. The van der Waals surface area contributed by atoms with Gasteiger partial charge >= 0.3 is 0 Å². The first-order chi connectivity index (χ1) is 9.99. The van der Waals surface area contributed by atoms with Crippen LogP contribution in [-0.4, -0.2) is 15.9 Å². The summed E-state index contributed by atoms with van der Waals surface area (Å²) in [7, 11) is 0. The Morgan fingerprint density at radius 2 is 2.14 bits per heavy atom. The molecule has 1 aliphatic rings. The zero-order valence-electron chi connectivity index (χ0n) is 11.6. The molecule has 3 rings (SSSR count). The Bertz CT molecular complexity index is 760. The molecule has 2 aromatic rings. The largest absolute Gasteiger partial charge is 0.383 e. The number of fused-ring (bicyclic) bond motifs is 1. The van der Waals surface area contributed by atoms with Crippen LogP contribution in [0.4, 0.5) is 17.3 Å². The second-order valence-corrected chi connectivity index (χ2v) is 5.33. The van der Waals surface area contributed by atoms with Gasteiger partial charge in [0.1, 0.15) is 18.0 Å². The van der Waals surface area contributed by atoms with E-state index in [4.69, 9.17) is 17.3 Å². The second-order valence-electron chi connectivity index (χ2n) is 4.95. The van der Waals surface area contributed by atoms with Gasteiger partial charge in [0.25, 0.3) is 5.91 Å². The van der Waals surface area contributed by atoms with Crippen LogP contribution in [0.1, 0.15) is 27.0 Å². The van der Waals surface area contributed by atoms with Crippen molar-refractivity contribution in [3.8, 4) is 0 Å². The van der Waals surface area contributed by atoms with E-state index in [-0.39, 0.29) is 5.91 Å². The first-order valence-electron chi connectivity index (χ1n) is 6.43. The lowest BCUT2D eigenvalue weighted by Crippen LogP contribution is -2.13. The number of carbonyl (C=O) groups excluding carboxylic acids is 1. The van der Waals surface area contributed by atoms with Gasteiger partial charge in [0.05, 0.1) is 10.7 Å². The van der Waals surface area contributed by atoms with E-state index in [2.05, 4.69) is 20.6 Å². The van der Waals surface area contributed by atoms with Crippen LogP contribution in [0.3, 0.4) is 0 Å². The van der Waals surface area contributed by atoms with Gasteiger partial charge in [-0.25, -0.2) is 9.97 Å². The van der Waals surface area contributed by atoms with Crippen molar-refractivity contribution >= 4 is 34.8 Å². The third-order valence-corrected chi connectivity index (χ3v) is 4.02. The van der Waals surface area contributed by atoms with Crippen LogP contribution < -0.4 is 16.4 Å². The molecule has 0 fully saturated rings. The van der Waals surface area contributed by atoms with E-state index < -0.39 is 0 Å². The van der Waals surface area contributed by atoms with Gasteiger partial charge in [-0.1, -0.05) is 11.6 Å². The predicted octanol–water partition coefficient (Wildman–Crippen LogP) is 2.32. The first kappa shape index (κ1) is 13.6. The fourth-order valence-electron chi connectivity index (χ4n) is 2.41. The van der Waals surface area contributed by atoms with Crippen molar-refractivity contribution in [1.82, 2.24) is 15.3 Å². The Labute approximate surface area is 126 Å². The van der Waals surface area contributed by atoms with Crippen molar-refractivity contribution in [2.45, 2.75) is 20.4 Å². The maximum Gasteiger partial charge on any atom is 0.252 e. The smallest absolute Gasteiger partial charge is 0.252 e. The quantitative estimate of drug-likeness (QED) is 0.791. The summed E-state index contributed by atoms with van der Waals surface area (Å²) in [6, 6.07) is 1.84. The molecule has 0 radical (unpaired) electrons. The molecular formula is C14H14ClN5O. The maximum absolute atomic E-state index is 11.8. The van der Waals surface area contributed by atoms with E-state index in [1.165, 1.54) is 6.33 Å². The average molecular weight is 304 g/mol. The molecular weight excluding hydrogens is 290 g/mol. The van der Waals surface area contributed by atoms with Crippen LogP contribution >= 0.6 is 11.6 Å². The van der Waals surface area contributed by atoms with Crippen molar-refractivity contribution in [2.75, 3.05) is 11.1 Å². The van der Waals surface area contributed by atoms with Crippen LogP contribution in [-0.2, 0) is 6.54 Å². The molecule has 1 amide bonds. The van der Waals surface area contributed by atoms with E-state index in [0.717, 1.165) is 16.7 Å². The molecule has 0 atom stereocenters. The number of benzene rings is 1. The first-order valence-corrected chi connectivity index (χ1v) is 6.81. The van der Waals surface area contributed by atoms with Gasteiger partial charge in [0, 0.05) is 23.2 Å². The standard InChI is InChI=1S/C14H14ClN5O/c1-6-3-9(11(15)8-4-17-14(21)10(6)8)20-13-7(2)12(16)18-5-19-13/h3,5H,4H2,1-2H3,(H,17,21)(H3,16,18,19,20). The van der Waals surface area contributed by atoms with E-state index in [1.54, 1.807) is 0 Å². The van der Waals surface area contributed by atoms with E-state index in [9.17, 15) is 4.79 Å². The summed E-state index contributed by atoms with van der Waals surface area (Å²) in [5, 5.41) is 6.46. The molecule has 0 saturated carbocycles. The monoisotopic (exact) mass is 303 g/mol. The minimum Gasteiger partial charge on any atom is -0.383 e.